The van der Waals surface area contributed by atoms with Gasteiger partial charge >= 0.3 is 18.3 Å². The van der Waals surface area contributed by atoms with Crippen molar-refractivity contribution in [3.63, 3.8) is 0 Å². The van der Waals surface area contributed by atoms with Gasteiger partial charge in [0, 0.05) is 45.9 Å². The highest BCUT2D eigenvalue weighted by atomic mass is 16.6. The van der Waals surface area contributed by atoms with E-state index in [9.17, 15) is 19.5 Å². The van der Waals surface area contributed by atoms with Crippen molar-refractivity contribution < 1.29 is 33.7 Å². The van der Waals surface area contributed by atoms with Crippen LogP contribution in [0.15, 0.2) is 0 Å². The molecule has 1 N–H and O–H groups in total. The van der Waals surface area contributed by atoms with Crippen molar-refractivity contribution in [2.45, 2.75) is 113 Å². The smallest absolute Gasteiger partial charge is 0.410 e. The predicted molar refractivity (Wildman–Crippen MR) is 179 cm³/mol. The summed E-state index contributed by atoms with van der Waals surface area (Å²) in [6, 6.07) is 1.96. The van der Waals surface area contributed by atoms with Gasteiger partial charge in [-0.3, -0.25) is 0 Å². The first-order chi connectivity index (χ1) is 21.4. The van der Waals surface area contributed by atoms with Crippen molar-refractivity contribution in [3.05, 3.63) is 0 Å². The van der Waals surface area contributed by atoms with Gasteiger partial charge < -0.3 is 34.0 Å². The Morgan fingerprint density at radius 3 is 1.00 bits per heavy atom. The van der Waals surface area contributed by atoms with Crippen LogP contribution in [0.5, 0.6) is 0 Å². The number of hydrogen-bond acceptors (Lipinski definition) is 10. The molecule has 0 aromatic heterocycles. The minimum Gasteiger partial charge on any atom is -0.444 e. The molecule has 0 aromatic carbocycles. The highest BCUT2D eigenvalue weighted by Crippen LogP contribution is 2.25. The maximum Gasteiger partial charge on any atom is 0.410 e. The number of ether oxygens (including phenoxy) is 3. The van der Waals surface area contributed by atoms with Crippen LogP contribution >= 0.6 is 0 Å². The quantitative estimate of drug-likeness (QED) is 0.300. The highest BCUT2D eigenvalue weighted by molar-refractivity contribution is 5.69. The van der Waals surface area contributed by atoms with Crippen LogP contribution in [0.3, 0.4) is 0 Å². The second-order valence-corrected chi connectivity index (χ2v) is 15.4. The fourth-order valence-electron chi connectivity index (χ4n) is 4.60. The summed E-state index contributed by atoms with van der Waals surface area (Å²) in [5.74, 6) is 1.84. The molecule has 0 saturated carbocycles. The number of β-amino-alcohol motifs (C(OH)–C–C–N with tert-alkyl or cyclic N) is 1. The van der Waals surface area contributed by atoms with Crippen LogP contribution in [-0.4, -0.2) is 100 Å². The van der Waals surface area contributed by atoms with Crippen LogP contribution < -0.4 is 0 Å². The number of nitrogens with zero attached hydrogens (tertiary/aromatic N) is 6. The van der Waals surface area contributed by atoms with Crippen molar-refractivity contribution in [1.82, 2.24) is 14.7 Å². The van der Waals surface area contributed by atoms with Gasteiger partial charge in [-0.15, -0.1) is 0 Å². The van der Waals surface area contributed by atoms with Gasteiger partial charge in [0.2, 0.25) is 0 Å². The van der Waals surface area contributed by atoms with E-state index in [0.717, 1.165) is 26.2 Å². The summed E-state index contributed by atoms with van der Waals surface area (Å²) in [6.07, 6.45) is -1.58. The lowest BCUT2D eigenvalue weighted by molar-refractivity contribution is 0.0264. The first kappa shape index (κ1) is 45.4. The Kier molecular flexibility index (Phi) is 19.1. The Labute approximate surface area is 283 Å². The molecule has 0 spiro atoms. The summed E-state index contributed by atoms with van der Waals surface area (Å²) in [5, 5.41) is 31.1. The summed E-state index contributed by atoms with van der Waals surface area (Å²) in [6.45, 7) is 36.1. The zero-order valence-corrected chi connectivity index (χ0v) is 30.9. The molecule has 3 amide bonds. The van der Waals surface area contributed by atoms with E-state index >= 15 is 0 Å². The number of carbonyl (C=O) groups excluding carboxylic acids is 3. The average Bonchev–Trinajstić information content (AvgIpc) is 3.60. The van der Waals surface area contributed by atoms with E-state index in [4.69, 9.17) is 30.0 Å². The summed E-state index contributed by atoms with van der Waals surface area (Å²) < 4.78 is 15.7. The number of likely N-dealkylation sites (tertiary alicyclic amines) is 3. The molecule has 47 heavy (non-hydrogen) atoms. The van der Waals surface area contributed by atoms with Gasteiger partial charge in [-0.05, 0) is 86.0 Å². The van der Waals surface area contributed by atoms with Crippen LogP contribution in [0.1, 0.15) is 90.0 Å². The minimum atomic E-state index is -0.762. The van der Waals surface area contributed by atoms with Crippen LogP contribution in [0.4, 0.5) is 14.4 Å². The fraction of sp³-hybridized carbons (Fsp3) is 0.824. The van der Waals surface area contributed by atoms with E-state index in [0.29, 0.717) is 23.7 Å². The second-order valence-electron chi connectivity index (χ2n) is 15.4. The Morgan fingerprint density at radius 1 is 0.574 bits per heavy atom. The van der Waals surface area contributed by atoms with Crippen molar-refractivity contribution in [2.75, 3.05) is 39.3 Å². The molecule has 0 aliphatic carbocycles. The van der Waals surface area contributed by atoms with Crippen molar-refractivity contribution >= 4 is 18.3 Å². The highest BCUT2D eigenvalue weighted by Gasteiger charge is 2.36. The molecule has 3 fully saturated rings. The first-order valence-corrected chi connectivity index (χ1v) is 16.0. The summed E-state index contributed by atoms with van der Waals surface area (Å²) in [5.41, 5.74) is -1.31. The SMILES string of the molecule is C#N.C#N.CC(C)(C)OC(=O)N1CC(O)C(C#N)C1.C[C@@H]1CN(C(=O)OC(C)(C)C)C[C@@H]1C.C[C@@H]1CN(C(=O)OC(C)(C)C)C[C@H]1C. The van der Waals surface area contributed by atoms with E-state index in [1.165, 1.54) is 4.90 Å². The van der Waals surface area contributed by atoms with Crippen molar-refractivity contribution in [1.29, 1.82) is 15.8 Å². The van der Waals surface area contributed by atoms with E-state index in [1.807, 2.05) is 47.6 Å². The van der Waals surface area contributed by atoms with Gasteiger partial charge in [0.15, 0.2) is 0 Å². The molecular formula is C34H60N6O7. The Hall–Kier alpha value is -3.76. The lowest BCUT2D eigenvalue weighted by atomic mass is 10.0. The van der Waals surface area contributed by atoms with Gasteiger partial charge in [-0.2, -0.15) is 5.26 Å². The predicted octanol–water partition coefficient (Wildman–Crippen LogP) is 6.04. The third-order valence-corrected chi connectivity index (χ3v) is 7.39. The molecule has 3 aliphatic heterocycles. The second kappa shape index (κ2) is 19.8. The maximum atomic E-state index is 11.7. The molecule has 3 heterocycles. The van der Waals surface area contributed by atoms with Crippen LogP contribution in [-0.2, 0) is 14.2 Å². The van der Waals surface area contributed by atoms with Gasteiger partial charge in [0.1, 0.15) is 16.8 Å². The fourth-order valence-corrected chi connectivity index (χ4v) is 4.60. The number of rotatable bonds is 0. The normalized spacial score (nSPS) is 25.1. The Morgan fingerprint density at radius 2 is 0.809 bits per heavy atom. The first-order valence-electron chi connectivity index (χ1n) is 16.0. The summed E-state index contributed by atoms with van der Waals surface area (Å²) in [4.78, 5) is 39.8. The standard InChI is InChI=1S/2C11H21NO2.C10H16N2O3.2CHN/c2*1-8-6-12(7-9(8)2)10(13)14-11(3,4)5;1-10(2,3)15-9(14)12-5-7(4-11)8(13)6-12;2*1-2/h2*8-9H,6-7H2,1-5H3;7-8,13H,5-6H2,1-3H3;2*1H/t8-,9+;8-,9-;;;/m.1.../s1. The third-order valence-electron chi connectivity index (χ3n) is 7.39. The number of nitriles is 3. The Balaban J connectivity index is 0. The number of carbonyl (C=O) groups is 3. The molecule has 268 valence electrons. The summed E-state index contributed by atoms with van der Waals surface area (Å²) >= 11 is 0. The molecule has 0 bridgehead atoms. The zero-order valence-electron chi connectivity index (χ0n) is 30.9. The maximum absolute atomic E-state index is 11.7. The van der Waals surface area contributed by atoms with Crippen LogP contribution in [0, 0.1) is 64.6 Å². The molecule has 13 heteroatoms. The van der Waals surface area contributed by atoms with E-state index in [1.54, 1.807) is 30.6 Å². The monoisotopic (exact) mass is 664 g/mol. The largest absolute Gasteiger partial charge is 0.444 e. The molecule has 2 unspecified atom stereocenters. The van der Waals surface area contributed by atoms with Crippen LogP contribution in [0.2, 0.25) is 0 Å². The van der Waals surface area contributed by atoms with E-state index in [-0.39, 0.29) is 36.5 Å². The number of amides is 3. The molecule has 0 radical (unpaired) electrons. The molecule has 3 saturated heterocycles. The lowest BCUT2D eigenvalue weighted by Gasteiger charge is -2.24. The lowest BCUT2D eigenvalue weighted by Crippen LogP contribution is -2.35. The van der Waals surface area contributed by atoms with E-state index in [2.05, 4.69) is 40.8 Å². The summed E-state index contributed by atoms with van der Waals surface area (Å²) in [7, 11) is 0. The van der Waals surface area contributed by atoms with Gasteiger partial charge in [0.05, 0.1) is 24.6 Å². The topological polar surface area (TPSA) is 180 Å². The third kappa shape index (κ3) is 18.2. The minimum absolute atomic E-state index is 0.172. The van der Waals surface area contributed by atoms with Gasteiger partial charge in [-0.1, -0.05) is 27.7 Å². The molecule has 13 nitrogen and oxygen atoms in total. The van der Waals surface area contributed by atoms with Crippen molar-refractivity contribution in [3.8, 4) is 19.2 Å². The molecule has 3 rings (SSSR count). The number of aliphatic hydroxyl groups excluding tert-OH is 1. The zero-order chi connectivity index (χ0) is 37.5. The molecule has 6 atom stereocenters. The van der Waals surface area contributed by atoms with Gasteiger partial charge in [-0.25, -0.2) is 24.9 Å². The molecule has 3 aliphatic rings. The van der Waals surface area contributed by atoms with Crippen molar-refractivity contribution in [2.24, 2.45) is 29.6 Å². The number of hydrogen-bond donors (Lipinski definition) is 1. The number of aliphatic hydroxyl groups is 1. The van der Waals surface area contributed by atoms with Crippen LogP contribution in [0.25, 0.3) is 0 Å². The Bertz CT molecular complexity index is 993. The molecule has 0 aromatic rings. The molecular weight excluding hydrogens is 604 g/mol. The van der Waals surface area contributed by atoms with E-state index < -0.39 is 23.7 Å². The average molecular weight is 665 g/mol. The van der Waals surface area contributed by atoms with Gasteiger partial charge in [0.25, 0.3) is 0 Å².